The molecule has 1 saturated heterocycles. The average molecular weight is 548 g/mol. The number of nitrogens with zero attached hydrogens (tertiary/aromatic N) is 1. The smallest absolute Gasteiger partial charge is 0.295 e. The Labute approximate surface area is 240 Å². The highest BCUT2D eigenvalue weighted by Gasteiger charge is 2.45. The molecule has 1 amide bonds. The van der Waals surface area contributed by atoms with Crippen molar-refractivity contribution in [2.75, 3.05) is 13.2 Å². The number of Topliss-reactive ketones (excluding diaryl/α,β-unsaturated/α-hetero) is 1. The molecule has 6 nitrogen and oxygen atoms in total. The SMILES string of the molecule is CCCOc1ccc(C(O)=C2C(=O)C(=O)N(CCc3ccccc3)C2c2ccc(OCc3ccccc3)cc2)cc1. The molecule has 1 aliphatic rings. The zero-order valence-corrected chi connectivity index (χ0v) is 23.0. The largest absolute Gasteiger partial charge is 0.507 e. The van der Waals surface area contributed by atoms with Gasteiger partial charge in [-0.25, -0.2) is 0 Å². The number of rotatable bonds is 11. The fourth-order valence-corrected chi connectivity index (χ4v) is 4.92. The molecule has 208 valence electrons. The van der Waals surface area contributed by atoms with E-state index >= 15 is 0 Å². The van der Waals surface area contributed by atoms with Gasteiger partial charge in [0.05, 0.1) is 18.2 Å². The third-order valence-corrected chi connectivity index (χ3v) is 7.07. The van der Waals surface area contributed by atoms with Crippen molar-refractivity contribution in [2.45, 2.75) is 32.4 Å². The second-order valence-corrected chi connectivity index (χ2v) is 9.94. The predicted molar refractivity (Wildman–Crippen MR) is 159 cm³/mol. The zero-order valence-electron chi connectivity index (χ0n) is 23.0. The van der Waals surface area contributed by atoms with E-state index in [2.05, 4.69) is 0 Å². The van der Waals surface area contributed by atoms with Crippen molar-refractivity contribution in [3.63, 3.8) is 0 Å². The Morgan fingerprint density at radius 1 is 0.756 bits per heavy atom. The highest BCUT2D eigenvalue weighted by atomic mass is 16.5. The van der Waals surface area contributed by atoms with E-state index in [1.165, 1.54) is 0 Å². The Balaban J connectivity index is 1.46. The van der Waals surface area contributed by atoms with Crippen molar-refractivity contribution in [3.8, 4) is 11.5 Å². The monoisotopic (exact) mass is 547 g/mol. The van der Waals surface area contributed by atoms with E-state index < -0.39 is 17.7 Å². The minimum atomic E-state index is -0.738. The number of carbonyl (C=O) groups is 2. The van der Waals surface area contributed by atoms with Gasteiger partial charge >= 0.3 is 0 Å². The summed E-state index contributed by atoms with van der Waals surface area (Å²) in [5.74, 6) is -0.186. The summed E-state index contributed by atoms with van der Waals surface area (Å²) in [7, 11) is 0. The Bertz CT molecular complexity index is 1500. The number of likely N-dealkylation sites (tertiary alicyclic amines) is 1. The third-order valence-electron chi connectivity index (χ3n) is 7.07. The second kappa shape index (κ2) is 13.0. The van der Waals surface area contributed by atoms with Gasteiger partial charge in [-0.05, 0) is 65.9 Å². The lowest BCUT2D eigenvalue weighted by molar-refractivity contribution is -0.139. The van der Waals surface area contributed by atoms with E-state index in [-0.39, 0.29) is 11.3 Å². The van der Waals surface area contributed by atoms with Gasteiger partial charge in [0.1, 0.15) is 23.9 Å². The summed E-state index contributed by atoms with van der Waals surface area (Å²) in [6.45, 7) is 3.36. The molecule has 1 unspecified atom stereocenters. The molecular formula is C35H33NO5. The van der Waals surface area contributed by atoms with Crippen molar-refractivity contribution in [2.24, 2.45) is 0 Å². The number of amides is 1. The van der Waals surface area contributed by atoms with E-state index in [1.54, 1.807) is 29.2 Å². The molecule has 4 aromatic carbocycles. The van der Waals surface area contributed by atoms with Gasteiger partial charge in [0.2, 0.25) is 0 Å². The molecule has 0 radical (unpaired) electrons. The Hall–Kier alpha value is -4.84. The summed E-state index contributed by atoms with van der Waals surface area (Å²) in [6, 6.07) is 33.2. The first-order valence-electron chi connectivity index (χ1n) is 13.9. The van der Waals surface area contributed by atoms with Crippen LogP contribution in [0.3, 0.4) is 0 Å². The molecule has 0 aromatic heterocycles. The van der Waals surface area contributed by atoms with Gasteiger partial charge in [0.15, 0.2) is 0 Å². The average Bonchev–Trinajstić information content (AvgIpc) is 3.28. The van der Waals surface area contributed by atoms with Gasteiger partial charge in [-0.15, -0.1) is 0 Å². The molecular weight excluding hydrogens is 514 g/mol. The number of ketones is 1. The van der Waals surface area contributed by atoms with Crippen LogP contribution >= 0.6 is 0 Å². The van der Waals surface area contributed by atoms with Crippen molar-refractivity contribution < 1.29 is 24.2 Å². The third kappa shape index (κ3) is 6.49. The first-order chi connectivity index (χ1) is 20.0. The fourth-order valence-electron chi connectivity index (χ4n) is 4.92. The van der Waals surface area contributed by atoms with Crippen LogP contribution in [0, 0.1) is 0 Å². The lowest BCUT2D eigenvalue weighted by Crippen LogP contribution is -2.31. The van der Waals surface area contributed by atoms with Gasteiger partial charge in [0, 0.05) is 12.1 Å². The summed E-state index contributed by atoms with van der Waals surface area (Å²) in [5.41, 5.74) is 3.34. The number of carbonyl (C=O) groups excluding carboxylic acids is 2. The van der Waals surface area contributed by atoms with Crippen molar-refractivity contribution in [1.29, 1.82) is 0 Å². The summed E-state index contributed by atoms with van der Waals surface area (Å²) in [5, 5.41) is 11.4. The van der Waals surface area contributed by atoms with Crippen LogP contribution in [0.15, 0.2) is 115 Å². The van der Waals surface area contributed by atoms with Crippen LogP contribution in [0.4, 0.5) is 0 Å². The fraction of sp³-hybridized carbons (Fsp3) is 0.200. The van der Waals surface area contributed by atoms with Crippen molar-refractivity contribution >= 4 is 17.4 Å². The first-order valence-corrected chi connectivity index (χ1v) is 13.9. The maximum Gasteiger partial charge on any atom is 0.295 e. The van der Waals surface area contributed by atoms with Crippen LogP contribution in [-0.4, -0.2) is 34.8 Å². The van der Waals surface area contributed by atoms with Gasteiger partial charge in [-0.1, -0.05) is 79.7 Å². The summed E-state index contributed by atoms with van der Waals surface area (Å²) in [4.78, 5) is 28.3. The topological polar surface area (TPSA) is 76.1 Å². The number of hydrogen-bond donors (Lipinski definition) is 1. The van der Waals surface area contributed by atoms with Crippen molar-refractivity contribution in [3.05, 3.63) is 137 Å². The van der Waals surface area contributed by atoms with Gasteiger partial charge in [-0.2, -0.15) is 0 Å². The highest BCUT2D eigenvalue weighted by Crippen LogP contribution is 2.40. The molecule has 1 aliphatic heterocycles. The van der Waals surface area contributed by atoms with Crippen LogP contribution in [-0.2, 0) is 22.6 Å². The lowest BCUT2D eigenvalue weighted by Gasteiger charge is -2.25. The number of aliphatic hydroxyl groups is 1. The molecule has 0 saturated carbocycles. The maximum atomic E-state index is 13.4. The highest BCUT2D eigenvalue weighted by molar-refractivity contribution is 6.46. The van der Waals surface area contributed by atoms with Crippen LogP contribution in [0.5, 0.6) is 11.5 Å². The molecule has 0 aliphatic carbocycles. The van der Waals surface area contributed by atoms with Gasteiger partial charge in [0.25, 0.3) is 11.7 Å². The Morgan fingerprint density at radius 2 is 1.34 bits per heavy atom. The molecule has 6 heteroatoms. The summed E-state index contributed by atoms with van der Waals surface area (Å²) in [6.07, 6.45) is 1.45. The second-order valence-electron chi connectivity index (χ2n) is 9.94. The molecule has 1 N–H and O–H groups in total. The summed E-state index contributed by atoms with van der Waals surface area (Å²) >= 11 is 0. The lowest BCUT2D eigenvalue weighted by atomic mass is 9.95. The van der Waals surface area contributed by atoms with E-state index in [4.69, 9.17) is 9.47 Å². The zero-order chi connectivity index (χ0) is 28.6. The Kier molecular flexibility index (Phi) is 8.79. The maximum absolute atomic E-state index is 13.4. The Morgan fingerprint density at radius 3 is 1.98 bits per heavy atom. The quantitative estimate of drug-likeness (QED) is 0.128. The number of ether oxygens (including phenoxy) is 2. The van der Waals surface area contributed by atoms with Crippen LogP contribution < -0.4 is 9.47 Å². The standard InChI is InChI=1S/C35H33NO5/c1-2-23-40-29-19-15-28(16-20-29)33(37)31-32(36(35(39)34(31)38)22-21-25-9-5-3-6-10-25)27-13-17-30(18-14-27)41-24-26-11-7-4-8-12-26/h3-20,32,37H,2,21-24H2,1H3. The molecule has 1 fully saturated rings. The van der Waals surface area contributed by atoms with Crippen molar-refractivity contribution in [1.82, 2.24) is 4.90 Å². The first kappa shape index (κ1) is 27.7. The van der Waals surface area contributed by atoms with Crippen LogP contribution in [0.2, 0.25) is 0 Å². The van der Waals surface area contributed by atoms with E-state index in [0.29, 0.717) is 48.8 Å². The number of benzene rings is 4. The molecule has 5 rings (SSSR count). The minimum absolute atomic E-state index is 0.0724. The molecule has 1 heterocycles. The van der Waals surface area contributed by atoms with Crippen LogP contribution in [0.25, 0.3) is 5.76 Å². The van der Waals surface area contributed by atoms with E-state index in [9.17, 15) is 14.7 Å². The molecule has 0 bridgehead atoms. The molecule has 1 atom stereocenters. The van der Waals surface area contributed by atoms with Gasteiger partial charge in [-0.3, -0.25) is 9.59 Å². The normalized spacial score (nSPS) is 16.1. The predicted octanol–water partition coefficient (Wildman–Crippen LogP) is 6.72. The van der Waals surface area contributed by atoms with E-state index in [1.807, 2.05) is 91.9 Å². The van der Waals surface area contributed by atoms with Gasteiger partial charge < -0.3 is 19.5 Å². The molecule has 0 spiro atoms. The molecule has 41 heavy (non-hydrogen) atoms. The van der Waals surface area contributed by atoms with Crippen LogP contribution in [0.1, 0.15) is 41.6 Å². The minimum Gasteiger partial charge on any atom is -0.507 e. The van der Waals surface area contributed by atoms with E-state index in [0.717, 1.165) is 17.5 Å². The number of aliphatic hydroxyl groups excluding tert-OH is 1. The summed E-state index contributed by atoms with van der Waals surface area (Å²) < 4.78 is 11.6. The number of hydrogen-bond acceptors (Lipinski definition) is 5. The molecule has 4 aromatic rings.